The zero-order valence-corrected chi connectivity index (χ0v) is 20.3. The number of carboxylic acids is 1. The largest absolute Gasteiger partial charge is 0.481 e. The first-order chi connectivity index (χ1) is 17.7. The number of pyridine rings is 1. The van der Waals surface area contributed by atoms with Crippen LogP contribution in [0.4, 0.5) is 0 Å². The smallest absolute Gasteiger partial charge is 0.306 e. The molecule has 0 saturated carbocycles. The normalized spacial score (nSPS) is 27.9. The van der Waals surface area contributed by atoms with Crippen molar-refractivity contribution in [3.8, 4) is 0 Å². The van der Waals surface area contributed by atoms with Gasteiger partial charge in [0.05, 0.1) is 26.1 Å². The SMILES string of the molecule is Cc1ncc2c(c1[C@@H]1O[C@H]3[C@@H](OC[C@@H]3O[N+](=O)[O-])[C@H]1OC(=O)CCC(=O)O)COC2c1ccc(Cl)cc1. The summed E-state index contributed by atoms with van der Waals surface area (Å²) in [6.07, 6.45) is -4.10. The lowest BCUT2D eigenvalue weighted by atomic mass is 9.91. The molecule has 2 saturated heterocycles. The number of halogens is 1. The highest BCUT2D eigenvalue weighted by atomic mass is 35.5. The number of carboxylic acid groups (broad SMARTS) is 1. The van der Waals surface area contributed by atoms with Gasteiger partial charge >= 0.3 is 11.9 Å². The van der Waals surface area contributed by atoms with Crippen molar-refractivity contribution >= 4 is 23.5 Å². The minimum absolute atomic E-state index is 0.127. The molecule has 196 valence electrons. The van der Waals surface area contributed by atoms with Crippen LogP contribution in [0.25, 0.3) is 0 Å². The van der Waals surface area contributed by atoms with Crippen molar-refractivity contribution in [1.29, 1.82) is 0 Å². The maximum atomic E-state index is 12.5. The zero-order valence-electron chi connectivity index (χ0n) is 19.6. The highest BCUT2D eigenvalue weighted by Gasteiger charge is 2.57. The molecule has 2 aromatic rings. The molecule has 0 bridgehead atoms. The van der Waals surface area contributed by atoms with Gasteiger partial charge < -0.3 is 28.9 Å². The molecule has 0 amide bonds. The molecular formula is C24H23ClN2O10. The van der Waals surface area contributed by atoms with Crippen molar-refractivity contribution in [2.45, 2.75) is 63.0 Å². The fourth-order valence-corrected chi connectivity index (χ4v) is 5.20. The van der Waals surface area contributed by atoms with Crippen LogP contribution in [0.2, 0.25) is 5.02 Å². The molecule has 2 fully saturated rings. The average Bonchev–Trinajstić information content (AvgIpc) is 3.53. The van der Waals surface area contributed by atoms with Crippen LogP contribution in [-0.2, 0) is 40.0 Å². The molecule has 0 aliphatic carbocycles. The predicted molar refractivity (Wildman–Crippen MR) is 123 cm³/mol. The lowest BCUT2D eigenvalue weighted by Gasteiger charge is -2.25. The number of benzene rings is 1. The van der Waals surface area contributed by atoms with Crippen molar-refractivity contribution in [2.75, 3.05) is 6.61 Å². The molecule has 12 nitrogen and oxygen atoms in total. The third-order valence-electron chi connectivity index (χ3n) is 6.70. The van der Waals surface area contributed by atoms with E-state index in [1.807, 2.05) is 12.1 Å². The van der Waals surface area contributed by atoms with Crippen molar-refractivity contribution < 1.29 is 43.6 Å². The van der Waals surface area contributed by atoms with Gasteiger partial charge in [0.25, 0.3) is 5.09 Å². The first-order valence-corrected chi connectivity index (χ1v) is 12.0. The summed E-state index contributed by atoms with van der Waals surface area (Å²) in [6, 6.07) is 7.25. The van der Waals surface area contributed by atoms with Gasteiger partial charge in [-0.3, -0.25) is 14.6 Å². The third-order valence-corrected chi connectivity index (χ3v) is 6.95. The van der Waals surface area contributed by atoms with Gasteiger partial charge in [-0.25, -0.2) is 0 Å². The van der Waals surface area contributed by atoms with Crippen LogP contribution < -0.4 is 0 Å². The van der Waals surface area contributed by atoms with E-state index in [0.717, 1.165) is 16.7 Å². The summed E-state index contributed by atoms with van der Waals surface area (Å²) in [5, 5.41) is 19.6. The first-order valence-electron chi connectivity index (χ1n) is 11.6. The number of carbonyl (C=O) groups excluding carboxylic acids is 1. The van der Waals surface area contributed by atoms with Crippen molar-refractivity contribution in [3.05, 3.63) is 73.5 Å². The summed E-state index contributed by atoms with van der Waals surface area (Å²) < 4.78 is 23.7. The summed E-state index contributed by atoms with van der Waals surface area (Å²) in [7, 11) is 0. The van der Waals surface area contributed by atoms with Gasteiger partial charge in [0, 0.05) is 28.0 Å². The number of aliphatic carboxylic acids is 1. The molecule has 1 aromatic heterocycles. The van der Waals surface area contributed by atoms with Gasteiger partial charge in [-0.1, -0.05) is 23.7 Å². The highest BCUT2D eigenvalue weighted by molar-refractivity contribution is 6.30. The van der Waals surface area contributed by atoms with Gasteiger partial charge in [-0.2, -0.15) is 0 Å². The second-order valence-electron chi connectivity index (χ2n) is 8.97. The van der Waals surface area contributed by atoms with E-state index in [1.54, 1.807) is 25.3 Å². The molecule has 3 aliphatic heterocycles. The average molecular weight is 535 g/mol. The highest BCUT2D eigenvalue weighted by Crippen LogP contribution is 2.47. The zero-order chi connectivity index (χ0) is 26.3. The van der Waals surface area contributed by atoms with Gasteiger partial charge in [0.15, 0.2) is 12.2 Å². The molecule has 6 atom stereocenters. The first kappa shape index (κ1) is 25.3. The van der Waals surface area contributed by atoms with E-state index in [-0.39, 0.29) is 19.6 Å². The number of nitrogens with zero attached hydrogens (tertiary/aromatic N) is 2. The summed E-state index contributed by atoms with van der Waals surface area (Å²) in [5.41, 5.74) is 3.71. The number of rotatable bonds is 8. The Kier molecular flexibility index (Phi) is 6.99. The number of esters is 1. The minimum atomic E-state index is -1.14. The number of aryl methyl sites for hydroxylation is 1. The topological polar surface area (TPSA) is 157 Å². The Hall–Kier alpha value is -3.32. The number of hydrogen-bond acceptors (Lipinski definition) is 10. The summed E-state index contributed by atoms with van der Waals surface area (Å²) >= 11 is 6.03. The molecule has 0 radical (unpaired) electrons. The Balaban J connectivity index is 1.49. The lowest BCUT2D eigenvalue weighted by Crippen LogP contribution is -2.36. The quantitative estimate of drug-likeness (QED) is 0.301. The Morgan fingerprint density at radius 2 is 1.97 bits per heavy atom. The standard InChI is InChI=1S/C24H23ClN2O10/c1-11-19(15-9-33-20(14(15)8-26-11)12-2-4-13(25)5-3-12)22-24(35-18(30)7-6-17(28)29)23-21(36-22)16(10-34-23)37-27(31)32/h2-5,8,16,20-24H,6-7,9-10H2,1H3,(H,28,29)/t16-,20?,21+,22-,23+,24-/m0/s1. The molecular weight excluding hydrogens is 512 g/mol. The fourth-order valence-electron chi connectivity index (χ4n) is 5.08. The Morgan fingerprint density at radius 3 is 2.68 bits per heavy atom. The van der Waals surface area contributed by atoms with E-state index in [9.17, 15) is 19.7 Å². The molecule has 1 aromatic carbocycles. The molecule has 1 N–H and O–H groups in total. The molecule has 4 heterocycles. The monoisotopic (exact) mass is 534 g/mol. The number of fused-ring (bicyclic) bond motifs is 2. The van der Waals surface area contributed by atoms with Crippen LogP contribution in [0.1, 0.15) is 53.0 Å². The van der Waals surface area contributed by atoms with Crippen LogP contribution in [0, 0.1) is 17.0 Å². The van der Waals surface area contributed by atoms with Crippen LogP contribution >= 0.6 is 11.6 Å². The van der Waals surface area contributed by atoms with Gasteiger partial charge in [-0.05, 0) is 30.2 Å². The second kappa shape index (κ2) is 10.2. The maximum absolute atomic E-state index is 12.5. The molecule has 13 heteroatoms. The lowest BCUT2D eigenvalue weighted by molar-refractivity contribution is -0.769. The maximum Gasteiger partial charge on any atom is 0.306 e. The van der Waals surface area contributed by atoms with Crippen molar-refractivity contribution in [1.82, 2.24) is 4.98 Å². The Labute approximate surface area is 215 Å². The minimum Gasteiger partial charge on any atom is -0.481 e. The number of ether oxygens (including phenoxy) is 4. The fraction of sp³-hybridized carbons (Fsp3) is 0.458. The predicted octanol–water partition coefficient (Wildman–Crippen LogP) is 2.86. The molecule has 0 spiro atoms. The van der Waals surface area contributed by atoms with E-state index in [0.29, 0.717) is 16.3 Å². The third kappa shape index (κ3) is 4.97. The van der Waals surface area contributed by atoms with E-state index in [1.165, 1.54) is 0 Å². The van der Waals surface area contributed by atoms with Crippen LogP contribution in [0.3, 0.4) is 0 Å². The molecule has 5 rings (SSSR count). The van der Waals surface area contributed by atoms with Crippen LogP contribution in [0.5, 0.6) is 0 Å². The summed E-state index contributed by atoms with van der Waals surface area (Å²) in [4.78, 5) is 43.7. The summed E-state index contributed by atoms with van der Waals surface area (Å²) in [6.45, 7) is 1.88. The van der Waals surface area contributed by atoms with Gasteiger partial charge in [-0.15, -0.1) is 10.1 Å². The number of carbonyl (C=O) groups is 2. The van der Waals surface area contributed by atoms with E-state index in [2.05, 4.69) is 4.98 Å². The van der Waals surface area contributed by atoms with E-state index in [4.69, 9.17) is 40.5 Å². The van der Waals surface area contributed by atoms with Crippen molar-refractivity contribution in [2.24, 2.45) is 0 Å². The Morgan fingerprint density at radius 1 is 1.22 bits per heavy atom. The number of hydrogen-bond donors (Lipinski definition) is 1. The van der Waals surface area contributed by atoms with Crippen LogP contribution in [0.15, 0.2) is 30.5 Å². The molecule has 3 aliphatic rings. The second-order valence-corrected chi connectivity index (χ2v) is 9.41. The van der Waals surface area contributed by atoms with E-state index >= 15 is 0 Å². The molecule has 37 heavy (non-hydrogen) atoms. The van der Waals surface area contributed by atoms with E-state index < -0.39 is 60.1 Å². The summed E-state index contributed by atoms with van der Waals surface area (Å²) in [5.74, 6) is -1.89. The van der Waals surface area contributed by atoms with Gasteiger partial charge in [0.1, 0.15) is 24.4 Å². The molecule has 1 unspecified atom stereocenters. The number of aromatic nitrogens is 1. The van der Waals surface area contributed by atoms with Crippen molar-refractivity contribution in [3.63, 3.8) is 0 Å². The Bertz CT molecular complexity index is 1220. The van der Waals surface area contributed by atoms with Crippen LogP contribution in [-0.4, -0.2) is 58.1 Å². The van der Waals surface area contributed by atoms with Gasteiger partial charge in [0.2, 0.25) is 0 Å².